The number of halogens is 3. The molecule has 0 aliphatic heterocycles. The molecule has 0 saturated heterocycles. The first-order chi connectivity index (χ1) is 10.5. The molecule has 114 valence electrons. The van der Waals surface area contributed by atoms with E-state index in [1.54, 1.807) is 6.07 Å². The SMILES string of the molecule is O=C(COC(=O)c1cccc(F)c1)Nc1ccc(Cl)c(Cl)c1. The van der Waals surface area contributed by atoms with Gasteiger partial charge in [0.25, 0.3) is 5.91 Å². The summed E-state index contributed by atoms with van der Waals surface area (Å²) in [6, 6.07) is 9.55. The van der Waals surface area contributed by atoms with Crippen LogP contribution in [0, 0.1) is 5.82 Å². The maximum Gasteiger partial charge on any atom is 0.338 e. The number of hydrogen-bond donors (Lipinski definition) is 1. The number of carbonyl (C=O) groups excluding carboxylic acids is 2. The van der Waals surface area contributed by atoms with Gasteiger partial charge in [-0.15, -0.1) is 0 Å². The summed E-state index contributed by atoms with van der Waals surface area (Å²) in [5.74, 6) is -1.90. The van der Waals surface area contributed by atoms with Crippen LogP contribution in [0.15, 0.2) is 42.5 Å². The van der Waals surface area contributed by atoms with E-state index in [1.165, 1.54) is 30.3 Å². The number of benzene rings is 2. The van der Waals surface area contributed by atoms with Crippen molar-refractivity contribution >= 4 is 40.8 Å². The standard InChI is InChI=1S/C15H10Cl2FNO3/c16-12-5-4-11(7-13(12)17)19-14(20)8-22-15(21)9-2-1-3-10(18)6-9/h1-7H,8H2,(H,19,20). The Kier molecular flexibility index (Phi) is 5.35. The lowest BCUT2D eigenvalue weighted by atomic mass is 10.2. The second-order valence-corrected chi connectivity index (χ2v) is 5.08. The summed E-state index contributed by atoms with van der Waals surface area (Å²) in [5.41, 5.74) is 0.448. The van der Waals surface area contributed by atoms with E-state index in [2.05, 4.69) is 5.32 Å². The highest BCUT2D eigenvalue weighted by atomic mass is 35.5. The van der Waals surface area contributed by atoms with Gasteiger partial charge in [0, 0.05) is 5.69 Å². The van der Waals surface area contributed by atoms with Crippen LogP contribution in [0.25, 0.3) is 0 Å². The summed E-state index contributed by atoms with van der Waals surface area (Å²) in [6.45, 7) is -0.504. The van der Waals surface area contributed by atoms with Gasteiger partial charge in [-0.2, -0.15) is 0 Å². The van der Waals surface area contributed by atoms with Gasteiger partial charge in [0.15, 0.2) is 6.61 Å². The van der Waals surface area contributed by atoms with Crippen LogP contribution in [0.4, 0.5) is 10.1 Å². The largest absolute Gasteiger partial charge is 0.452 e. The number of ether oxygens (including phenoxy) is 1. The van der Waals surface area contributed by atoms with Gasteiger partial charge in [-0.1, -0.05) is 29.3 Å². The van der Waals surface area contributed by atoms with Crippen molar-refractivity contribution in [2.45, 2.75) is 0 Å². The molecule has 0 atom stereocenters. The van der Waals surface area contributed by atoms with Crippen molar-refractivity contribution < 1.29 is 18.7 Å². The number of esters is 1. The Morgan fingerprint density at radius 1 is 1.09 bits per heavy atom. The highest BCUT2D eigenvalue weighted by molar-refractivity contribution is 6.42. The Labute approximate surface area is 135 Å². The minimum absolute atomic E-state index is 0.0299. The van der Waals surface area contributed by atoms with Crippen LogP contribution in [-0.2, 0) is 9.53 Å². The lowest BCUT2D eigenvalue weighted by molar-refractivity contribution is -0.119. The first-order valence-electron chi connectivity index (χ1n) is 6.13. The van der Waals surface area contributed by atoms with Gasteiger partial charge in [0.2, 0.25) is 0 Å². The van der Waals surface area contributed by atoms with E-state index in [4.69, 9.17) is 27.9 Å². The molecule has 0 aromatic heterocycles. The number of nitrogens with one attached hydrogen (secondary N) is 1. The summed E-state index contributed by atoms with van der Waals surface area (Å²) in [7, 11) is 0. The van der Waals surface area contributed by atoms with Crippen LogP contribution in [0.5, 0.6) is 0 Å². The molecule has 0 unspecified atom stereocenters. The molecule has 0 heterocycles. The van der Waals surface area contributed by atoms with Crippen LogP contribution >= 0.6 is 23.2 Å². The molecule has 0 radical (unpaired) electrons. The first-order valence-corrected chi connectivity index (χ1v) is 6.89. The second kappa shape index (κ2) is 7.24. The lowest BCUT2D eigenvalue weighted by Crippen LogP contribution is -2.21. The number of hydrogen-bond acceptors (Lipinski definition) is 3. The molecule has 2 rings (SSSR count). The minimum atomic E-state index is -0.788. The monoisotopic (exact) mass is 341 g/mol. The quantitative estimate of drug-likeness (QED) is 0.857. The fourth-order valence-electron chi connectivity index (χ4n) is 1.60. The van der Waals surface area contributed by atoms with Crippen molar-refractivity contribution in [3.05, 3.63) is 63.9 Å². The van der Waals surface area contributed by atoms with E-state index < -0.39 is 24.3 Å². The Morgan fingerprint density at radius 2 is 1.86 bits per heavy atom. The molecule has 2 aromatic carbocycles. The molecule has 1 N–H and O–H groups in total. The van der Waals surface area contributed by atoms with Crippen LogP contribution in [0.1, 0.15) is 10.4 Å². The number of carbonyl (C=O) groups is 2. The molecule has 7 heteroatoms. The van der Waals surface area contributed by atoms with E-state index in [0.29, 0.717) is 10.7 Å². The number of rotatable bonds is 4. The maximum absolute atomic E-state index is 13.0. The maximum atomic E-state index is 13.0. The molecule has 2 aromatic rings. The van der Waals surface area contributed by atoms with Gasteiger partial charge in [-0.25, -0.2) is 9.18 Å². The van der Waals surface area contributed by atoms with E-state index in [9.17, 15) is 14.0 Å². The zero-order chi connectivity index (χ0) is 16.1. The molecule has 0 aliphatic rings. The topological polar surface area (TPSA) is 55.4 Å². The van der Waals surface area contributed by atoms with Crippen LogP contribution < -0.4 is 5.32 Å². The third-order valence-corrected chi connectivity index (χ3v) is 3.34. The van der Waals surface area contributed by atoms with E-state index >= 15 is 0 Å². The van der Waals surface area contributed by atoms with E-state index in [-0.39, 0.29) is 10.6 Å². The van der Waals surface area contributed by atoms with Crippen molar-refractivity contribution in [2.24, 2.45) is 0 Å². The van der Waals surface area contributed by atoms with Gasteiger partial charge < -0.3 is 10.1 Å². The van der Waals surface area contributed by atoms with Crippen LogP contribution in [0.3, 0.4) is 0 Å². The average molecular weight is 342 g/mol. The highest BCUT2D eigenvalue weighted by Crippen LogP contribution is 2.24. The Hall–Kier alpha value is -2.11. The average Bonchev–Trinajstić information content (AvgIpc) is 2.48. The molecule has 0 aliphatic carbocycles. The van der Waals surface area contributed by atoms with Crippen LogP contribution in [0.2, 0.25) is 10.0 Å². The van der Waals surface area contributed by atoms with Gasteiger partial charge in [0.05, 0.1) is 15.6 Å². The second-order valence-electron chi connectivity index (χ2n) is 4.26. The number of anilines is 1. The summed E-state index contributed by atoms with van der Waals surface area (Å²) >= 11 is 11.6. The van der Waals surface area contributed by atoms with E-state index in [1.807, 2.05) is 0 Å². The summed E-state index contributed by atoms with van der Waals surface area (Å²) in [6.07, 6.45) is 0. The molecule has 1 amide bonds. The molecule has 0 spiro atoms. The van der Waals surface area contributed by atoms with Crippen molar-refractivity contribution in [3.8, 4) is 0 Å². The smallest absolute Gasteiger partial charge is 0.338 e. The molecular formula is C15H10Cl2FNO3. The third-order valence-electron chi connectivity index (χ3n) is 2.60. The molecular weight excluding hydrogens is 332 g/mol. The predicted molar refractivity (Wildman–Crippen MR) is 81.8 cm³/mol. The normalized spacial score (nSPS) is 10.1. The zero-order valence-corrected chi connectivity index (χ0v) is 12.6. The fourth-order valence-corrected chi connectivity index (χ4v) is 1.90. The van der Waals surface area contributed by atoms with Gasteiger partial charge >= 0.3 is 5.97 Å². The van der Waals surface area contributed by atoms with Gasteiger partial charge in [-0.3, -0.25) is 4.79 Å². The zero-order valence-electron chi connectivity index (χ0n) is 11.1. The van der Waals surface area contributed by atoms with E-state index in [0.717, 1.165) is 6.07 Å². The number of amides is 1. The van der Waals surface area contributed by atoms with Crippen molar-refractivity contribution in [1.82, 2.24) is 0 Å². The first kappa shape index (κ1) is 16.3. The summed E-state index contributed by atoms with van der Waals surface area (Å²) in [5, 5.41) is 3.14. The fraction of sp³-hybridized carbons (Fsp3) is 0.0667. The highest BCUT2D eigenvalue weighted by Gasteiger charge is 2.11. The molecule has 4 nitrogen and oxygen atoms in total. The molecule has 0 bridgehead atoms. The Balaban J connectivity index is 1.90. The summed E-state index contributed by atoms with van der Waals surface area (Å²) < 4.78 is 17.8. The van der Waals surface area contributed by atoms with Gasteiger partial charge in [0.1, 0.15) is 5.82 Å². The minimum Gasteiger partial charge on any atom is -0.452 e. The lowest BCUT2D eigenvalue weighted by Gasteiger charge is -2.07. The molecule has 22 heavy (non-hydrogen) atoms. The summed E-state index contributed by atoms with van der Waals surface area (Å²) in [4.78, 5) is 23.3. The van der Waals surface area contributed by atoms with Crippen LogP contribution in [-0.4, -0.2) is 18.5 Å². The predicted octanol–water partition coefficient (Wildman–Crippen LogP) is 3.93. The Morgan fingerprint density at radius 3 is 2.55 bits per heavy atom. The van der Waals surface area contributed by atoms with Crippen molar-refractivity contribution in [2.75, 3.05) is 11.9 Å². The Bertz CT molecular complexity index is 722. The molecule has 0 saturated carbocycles. The van der Waals surface area contributed by atoms with Crippen molar-refractivity contribution in [3.63, 3.8) is 0 Å². The molecule has 0 fully saturated rings. The van der Waals surface area contributed by atoms with Crippen molar-refractivity contribution in [1.29, 1.82) is 0 Å². The third kappa shape index (κ3) is 4.44. The van der Waals surface area contributed by atoms with Gasteiger partial charge in [-0.05, 0) is 36.4 Å².